The lowest BCUT2D eigenvalue weighted by atomic mass is 10.1. The summed E-state index contributed by atoms with van der Waals surface area (Å²) >= 11 is 0. The van der Waals surface area contributed by atoms with E-state index in [4.69, 9.17) is 8.83 Å². The molecular weight excluding hydrogens is 232 g/mol. The van der Waals surface area contributed by atoms with Crippen molar-refractivity contribution in [2.45, 2.75) is 6.61 Å². The van der Waals surface area contributed by atoms with Gasteiger partial charge in [-0.2, -0.15) is 0 Å². The first-order chi connectivity index (χ1) is 8.83. The van der Waals surface area contributed by atoms with E-state index in [0.29, 0.717) is 29.0 Å². The third-order valence-electron chi connectivity index (χ3n) is 2.82. The third kappa shape index (κ3) is 1.55. The van der Waals surface area contributed by atoms with Crippen molar-refractivity contribution in [2.24, 2.45) is 0 Å². The number of hydrogen-bond acceptors (Lipinski definition) is 4. The summed E-state index contributed by atoms with van der Waals surface area (Å²) in [6.45, 7) is -0.149. The van der Waals surface area contributed by atoms with Gasteiger partial charge in [-0.1, -0.05) is 18.2 Å². The van der Waals surface area contributed by atoms with Crippen LogP contribution >= 0.6 is 0 Å². The van der Waals surface area contributed by atoms with E-state index in [1.165, 1.54) is 0 Å². The molecule has 0 saturated heterocycles. The second-order valence-corrected chi connectivity index (χ2v) is 3.88. The van der Waals surface area contributed by atoms with Crippen LogP contribution < -0.4 is 0 Å². The Balaban J connectivity index is 2.24. The molecule has 0 aliphatic heterocycles. The highest BCUT2D eigenvalue weighted by atomic mass is 16.4. The molecule has 1 aromatic carbocycles. The molecule has 4 heteroatoms. The summed E-state index contributed by atoms with van der Waals surface area (Å²) in [4.78, 5) is 10.6. The molecule has 3 aromatic rings. The number of rotatable bonds is 3. The van der Waals surface area contributed by atoms with E-state index in [9.17, 15) is 9.90 Å². The van der Waals surface area contributed by atoms with Crippen LogP contribution in [0, 0.1) is 0 Å². The first-order valence-corrected chi connectivity index (χ1v) is 5.50. The van der Waals surface area contributed by atoms with Crippen molar-refractivity contribution in [3.63, 3.8) is 0 Å². The van der Waals surface area contributed by atoms with Crippen LogP contribution in [0.5, 0.6) is 0 Å². The molecule has 0 aliphatic carbocycles. The average Bonchev–Trinajstić information content (AvgIpc) is 3.02. The van der Waals surface area contributed by atoms with E-state index in [1.54, 1.807) is 12.1 Å². The van der Waals surface area contributed by atoms with Gasteiger partial charge in [-0.25, -0.2) is 0 Å². The molecule has 0 unspecified atom stereocenters. The fraction of sp³-hybridized carbons (Fsp3) is 0.0714. The van der Waals surface area contributed by atoms with E-state index in [0.717, 1.165) is 5.39 Å². The van der Waals surface area contributed by atoms with Crippen molar-refractivity contribution >= 4 is 17.3 Å². The number of furan rings is 2. The second-order valence-electron chi connectivity index (χ2n) is 3.88. The first-order valence-electron chi connectivity index (χ1n) is 5.50. The Morgan fingerprint density at radius 2 is 1.94 bits per heavy atom. The van der Waals surface area contributed by atoms with Crippen molar-refractivity contribution in [3.8, 4) is 11.5 Å². The molecule has 0 amide bonds. The molecule has 0 radical (unpaired) electrons. The van der Waals surface area contributed by atoms with E-state index in [-0.39, 0.29) is 12.4 Å². The van der Waals surface area contributed by atoms with Gasteiger partial charge >= 0.3 is 0 Å². The summed E-state index contributed by atoms with van der Waals surface area (Å²) in [5.74, 6) is 1.14. The minimum atomic E-state index is -0.149. The molecule has 2 aromatic heterocycles. The van der Waals surface area contributed by atoms with Gasteiger partial charge in [0.25, 0.3) is 0 Å². The summed E-state index contributed by atoms with van der Waals surface area (Å²) in [6, 6.07) is 10.6. The number of para-hydroxylation sites is 1. The van der Waals surface area contributed by atoms with Gasteiger partial charge in [-0.3, -0.25) is 4.79 Å². The minimum absolute atomic E-state index is 0.149. The summed E-state index contributed by atoms with van der Waals surface area (Å²) in [5, 5.41) is 10.3. The van der Waals surface area contributed by atoms with Gasteiger partial charge in [0.1, 0.15) is 5.58 Å². The molecule has 2 heterocycles. The number of carbonyl (C=O) groups is 1. The molecule has 0 aliphatic rings. The predicted octanol–water partition coefficient (Wildman–Crippen LogP) is 3.00. The van der Waals surface area contributed by atoms with Crippen molar-refractivity contribution in [2.75, 3.05) is 0 Å². The number of aliphatic hydroxyl groups excluding tert-OH is 1. The smallest absolute Gasteiger partial charge is 0.185 e. The zero-order valence-electron chi connectivity index (χ0n) is 9.42. The highest BCUT2D eigenvalue weighted by Crippen LogP contribution is 2.34. The van der Waals surface area contributed by atoms with Gasteiger partial charge in [0.2, 0.25) is 0 Å². The van der Waals surface area contributed by atoms with Gasteiger partial charge in [-0.15, -0.1) is 0 Å². The Morgan fingerprint density at radius 3 is 2.67 bits per heavy atom. The number of aliphatic hydroxyl groups is 1. The molecule has 1 N–H and O–H groups in total. The lowest BCUT2D eigenvalue weighted by molar-refractivity contribution is 0.110. The SMILES string of the molecule is O=Cc1ccc(-c2oc3ccccc3c2CO)o1. The fourth-order valence-corrected chi connectivity index (χ4v) is 1.99. The minimum Gasteiger partial charge on any atom is -0.452 e. The van der Waals surface area contributed by atoms with E-state index in [1.807, 2.05) is 24.3 Å². The topological polar surface area (TPSA) is 63.6 Å². The van der Waals surface area contributed by atoms with E-state index < -0.39 is 0 Å². The molecule has 18 heavy (non-hydrogen) atoms. The number of fused-ring (bicyclic) bond motifs is 1. The third-order valence-corrected chi connectivity index (χ3v) is 2.82. The molecule has 3 rings (SSSR count). The van der Waals surface area contributed by atoms with Crippen LogP contribution in [0.3, 0.4) is 0 Å². The summed E-state index contributed by atoms with van der Waals surface area (Å²) in [7, 11) is 0. The van der Waals surface area contributed by atoms with Crippen LogP contribution in [-0.2, 0) is 6.61 Å². The molecule has 0 saturated carbocycles. The Labute approximate surface area is 102 Å². The molecule has 0 fully saturated rings. The molecule has 4 nitrogen and oxygen atoms in total. The molecule has 0 atom stereocenters. The Bertz CT molecular complexity index is 705. The van der Waals surface area contributed by atoms with Gasteiger partial charge in [0.15, 0.2) is 23.6 Å². The lowest BCUT2D eigenvalue weighted by Crippen LogP contribution is -1.83. The normalized spacial score (nSPS) is 10.9. The molecule has 0 spiro atoms. The lowest BCUT2D eigenvalue weighted by Gasteiger charge is -1.95. The summed E-state index contributed by atoms with van der Waals surface area (Å²) < 4.78 is 11.0. The Kier molecular flexibility index (Phi) is 2.50. The van der Waals surface area contributed by atoms with Crippen molar-refractivity contribution < 1.29 is 18.7 Å². The highest BCUT2D eigenvalue weighted by molar-refractivity contribution is 5.87. The zero-order chi connectivity index (χ0) is 12.5. The van der Waals surface area contributed by atoms with Crippen LogP contribution in [0.2, 0.25) is 0 Å². The van der Waals surface area contributed by atoms with Crippen molar-refractivity contribution in [1.82, 2.24) is 0 Å². The van der Waals surface area contributed by atoms with Crippen LogP contribution in [0.15, 0.2) is 45.2 Å². The van der Waals surface area contributed by atoms with Gasteiger partial charge in [0.05, 0.1) is 6.61 Å². The predicted molar refractivity (Wildman–Crippen MR) is 65.2 cm³/mol. The largest absolute Gasteiger partial charge is 0.452 e. The van der Waals surface area contributed by atoms with Crippen LogP contribution in [0.1, 0.15) is 16.1 Å². The van der Waals surface area contributed by atoms with Crippen LogP contribution in [-0.4, -0.2) is 11.4 Å². The van der Waals surface area contributed by atoms with Gasteiger partial charge in [-0.05, 0) is 18.2 Å². The second kappa shape index (κ2) is 4.16. The number of carbonyl (C=O) groups excluding carboxylic acids is 1. The maximum Gasteiger partial charge on any atom is 0.185 e. The van der Waals surface area contributed by atoms with E-state index in [2.05, 4.69) is 0 Å². The number of aldehydes is 1. The molecule has 0 bridgehead atoms. The van der Waals surface area contributed by atoms with Crippen LogP contribution in [0.4, 0.5) is 0 Å². The maximum atomic E-state index is 10.6. The Morgan fingerprint density at radius 1 is 1.11 bits per heavy atom. The average molecular weight is 242 g/mol. The first kappa shape index (κ1) is 10.8. The van der Waals surface area contributed by atoms with Crippen LogP contribution in [0.25, 0.3) is 22.5 Å². The van der Waals surface area contributed by atoms with Crippen molar-refractivity contribution in [1.29, 1.82) is 0 Å². The fourth-order valence-electron chi connectivity index (χ4n) is 1.99. The Hall–Kier alpha value is -2.33. The maximum absolute atomic E-state index is 10.6. The monoisotopic (exact) mass is 242 g/mol. The van der Waals surface area contributed by atoms with Gasteiger partial charge < -0.3 is 13.9 Å². The molecular formula is C14H10O4. The standard InChI is InChI=1S/C14H10O4/c15-7-9-5-6-13(17-9)14-11(8-16)10-3-1-2-4-12(10)18-14/h1-7,16H,8H2. The number of hydrogen-bond donors (Lipinski definition) is 1. The summed E-state index contributed by atoms with van der Waals surface area (Å²) in [5.41, 5.74) is 1.35. The van der Waals surface area contributed by atoms with Crippen molar-refractivity contribution in [3.05, 3.63) is 47.7 Å². The number of benzene rings is 1. The quantitative estimate of drug-likeness (QED) is 0.717. The van der Waals surface area contributed by atoms with E-state index >= 15 is 0 Å². The molecule has 90 valence electrons. The summed E-state index contributed by atoms with van der Waals surface area (Å²) in [6.07, 6.45) is 0.630. The highest BCUT2D eigenvalue weighted by Gasteiger charge is 2.17. The van der Waals surface area contributed by atoms with Gasteiger partial charge in [0, 0.05) is 10.9 Å². The zero-order valence-corrected chi connectivity index (χ0v) is 9.42.